The van der Waals surface area contributed by atoms with Crippen molar-refractivity contribution in [3.05, 3.63) is 11.7 Å². The predicted molar refractivity (Wildman–Crippen MR) is 52.0 cm³/mol. The second kappa shape index (κ2) is 5.05. The van der Waals surface area contributed by atoms with Gasteiger partial charge in [-0.3, -0.25) is 0 Å². The van der Waals surface area contributed by atoms with E-state index < -0.39 is 18.2 Å². The third kappa shape index (κ3) is 3.11. The fourth-order valence-electron chi connectivity index (χ4n) is 1.06. The zero-order valence-electron chi connectivity index (χ0n) is 8.65. The van der Waals surface area contributed by atoms with E-state index in [2.05, 4.69) is 14.7 Å². The van der Waals surface area contributed by atoms with Crippen molar-refractivity contribution in [2.75, 3.05) is 6.26 Å². The van der Waals surface area contributed by atoms with Crippen molar-refractivity contribution in [2.45, 2.75) is 30.9 Å². The molecule has 4 nitrogen and oxygen atoms in total. The quantitative estimate of drug-likeness (QED) is 0.892. The fourth-order valence-corrected chi connectivity index (χ4v) is 1.43. The lowest BCUT2D eigenvalue weighted by Gasteiger charge is -2.17. The van der Waals surface area contributed by atoms with E-state index in [1.165, 1.54) is 18.7 Å². The Morgan fingerprint density at radius 3 is 2.62 bits per heavy atom. The first-order chi connectivity index (χ1) is 7.36. The Kier molecular flexibility index (Phi) is 4.20. The number of aliphatic hydroxyl groups is 1. The molecule has 0 aliphatic carbocycles. The van der Waals surface area contributed by atoms with Crippen LogP contribution in [-0.2, 0) is 5.75 Å². The minimum absolute atomic E-state index is 0.200. The fraction of sp³-hybridized carbons (Fsp3) is 0.750. The normalized spacial score (nSPS) is 16.1. The average molecular weight is 256 g/mol. The van der Waals surface area contributed by atoms with Crippen LogP contribution in [0.15, 0.2) is 4.52 Å². The molecule has 16 heavy (non-hydrogen) atoms. The maximum atomic E-state index is 12.2. The number of hydrogen-bond donors (Lipinski definition) is 1. The molecule has 1 rings (SSSR count). The van der Waals surface area contributed by atoms with Gasteiger partial charge in [-0.15, -0.1) is 0 Å². The van der Waals surface area contributed by atoms with Gasteiger partial charge in [0.2, 0.25) is 5.89 Å². The van der Waals surface area contributed by atoms with Crippen LogP contribution in [-0.4, -0.2) is 33.8 Å². The molecule has 0 amide bonds. The molecule has 0 radical (unpaired) electrons. The van der Waals surface area contributed by atoms with Crippen LogP contribution in [0, 0.1) is 0 Å². The van der Waals surface area contributed by atoms with Crippen LogP contribution >= 0.6 is 11.8 Å². The van der Waals surface area contributed by atoms with Crippen molar-refractivity contribution < 1.29 is 22.8 Å². The summed E-state index contributed by atoms with van der Waals surface area (Å²) in [5, 5.41) is 12.5. The largest absolute Gasteiger partial charge is 0.415 e. The van der Waals surface area contributed by atoms with Crippen LogP contribution in [0.25, 0.3) is 0 Å². The van der Waals surface area contributed by atoms with E-state index in [-0.39, 0.29) is 5.89 Å². The van der Waals surface area contributed by atoms with Crippen LogP contribution in [0.5, 0.6) is 0 Å². The minimum atomic E-state index is -4.69. The monoisotopic (exact) mass is 256 g/mol. The first kappa shape index (κ1) is 13.3. The van der Waals surface area contributed by atoms with Crippen molar-refractivity contribution in [2.24, 2.45) is 0 Å². The topological polar surface area (TPSA) is 59.2 Å². The maximum Gasteiger partial charge on any atom is 0.415 e. The molecule has 0 saturated carbocycles. The minimum Gasteiger partial charge on any atom is -0.383 e. The molecule has 0 fully saturated rings. The number of hydrogen-bond acceptors (Lipinski definition) is 5. The maximum absolute atomic E-state index is 12.2. The Hall–Kier alpha value is -0.760. The zero-order valence-corrected chi connectivity index (χ0v) is 9.47. The van der Waals surface area contributed by atoms with Crippen molar-refractivity contribution in [1.29, 1.82) is 0 Å². The smallest absolute Gasteiger partial charge is 0.383 e. The number of rotatable bonds is 4. The van der Waals surface area contributed by atoms with E-state index in [0.717, 1.165) is 0 Å². The Morgan fingerprint density at radius 1 is 1.50 bits per heavy atom. The third-order valence-corrected chi connectivity index (χ3v) is 2.50. The highest BCUT2D eigenvalue weighted by Crippen LogP contribution is 2.30. The van der Waals surface area contributed by atoms with Crippen LogP contribution in [0.3, 0.4) is 0 Å². The Balaban J connectivity index is 2.76. The molecule has 0 aliphatic heterocycles. The molecule has 0 aromatic carbocycles. The van der Waals surface area contributed by atoms with E-state index in [4.69, 9.17) is 5.11 Å². The van der Waals surface area contributed by atoms with Gasteiger partial charge in [-0.05, 0) is 6.26 Å². The Morgan fingerprint density at radius 2 is 2.12 bits per heavy atom. The zero-order chi connectivity index (χ0) is 12.3. The van der Waals surface area contributed by atoms with Gasteiger partial charge in [-0.2, -0.15) is 29.9 Å². The summed E-state index contributed by atoms with van der Waals surface area (Å²) < 4.78 is 41.2. The second-order valence-corrected chi connectivity index (χ2v) is 4.12. The summed E-state index contributed by atoms with van der Waals surface area (Å²) in [7, 11) is 0. The van der Waals surface area contributed by atoms with Crippen LogP contribution < -0.4 is 0 Å². The highest BCUT2D eigenvalue weighted by Gasteiger charge is 2.44. The van der Waals surface area contributed by atoms with Gasteiger partial charge >= 0.3 is 6.18 Å². The van der Waals surface area contributed by atoms with E-state index >= 15 is 0 Å². The molecule has 0 spiro atoms. The number of halogens is 3. The molecule has 0 aliphatic rings. The molecule has 1 N–H and O–H groups in total. The number of aromatic nitrogens is 2. The number of thioether (sulfide) groups is 1. The van der Waals surface area contributed by atoms with E-state index in [1.54, 1.807) is 0 Å². The first-order valence-corrected chi connectivity index (χ1v) is 5.82. The third-order valence-electron chi connectivity index (χ3n) is 1.96. The van der Waals surface area contributed by atoms with Gasteiger partial charge in [-0.25, -0.2) is 0 Å². The lowest BCUT2D eigenvalue weighted by molar-refractivity contribution is -0.210. The molecule has 1 aromatic heterocycles. The van der Waals surface area contributed by atoms with Crippen molar-refractivity contribution in [3.8, 4) is 0 Å². The summed E-state index contributed by atoms with van der Waals surface area (Å²) in [4.78, 5) is 3.78. The summed E-state index contributed by atoms with van der Waals surface area (Å²) in [5.41, 5.74) is 0. The summed E-state index contributed by atoms with van der Waals surface area (Å²) >= 11 is 1.42. The summed E-state index contributed by atoms with van der Waals surface area (Å²) in [6, 6.07) is 0. The van der Waals surface area contributed by atoms with Crippen molar-refractivity contribution >= 4 is 11.8 Å². The van der Waals surface area contributed by atoms with E-state index in [1.807, 2.05) is 6.26 Å². The van der Waals surface area contributed by atoms with Gasteiger partial charge < -0.3 is 9.63 Å². The summed E-state index contributed by atoms with van der Waals surface area (Å²) in [6.07, 6.45) is -5.37. The summed E-state index contributed by atoms with van der Waals surface area (Å²) in [5.74, 6) is -0.682. The summed E-state index contributed by atoms with van der Waals surface area (Å²) in [6.45, 7) is 1.19. The lowest BCUT2D eigenvalue weighted by Crippen LogP contribution is -2.33. The van der Waals surface area contributed by atoms with Gasteiger partial charge in [0.1, 0.15) is 0 Å². The molecule has 2 atom stereocenters. The predicted octanol–water partition coefficient (Wildman–Crippen LogP) is 1.96. The molecule has 8 heteroatoms. The second-order valence-electron chi connectivity index (χ2n) is 3.26. The molecular weight excluding hydrogens is 245 g/mol. The number of alkyl halides is 3. The molecule has 0 bridgehead atoms. The lowest BCUT2D eigenvalue weighted by atomic mass is 10.1. The van der Waals surface area contributed by atoms with Gasteiger partial charge in [-0.1, -0.05) is 12.1 Å². The SMILES string of the molecule is CSCc1noc(C(C)C(O)C(F)(F)F)n1. The van der Waals surface area contributed by atoms with E-state index in [9.17, 15) is 13.2 Å². The van der Waals surface area contributed by atoms with Gasteiger partial charge in [0.15, 0.2) is 11.9 Å². The van der Waals surface area contributed by atoms with Crippen molar-refractivity contribution in [1.82, 2.24) is 10.1 Å². The molecule has 1 aromatic rings. The standard InChI is InChI=1S/C8H11F3N2O2S/c1-4(6(14)8(9,10)11)7-12-5(3-16-2)13-15-7/h4,6,14H,3H2,1-2H3. The van der Waals surface area contributed by atoms with Gasteiger partial charge in [0, 0.05) is 0 Å². The Bertz CT molecular complexity index is 342. The molecule has 0 saturated heterocycles. The molecular formula is C8H11F3N2O2S. The average Bonchev–Trinajstić information content (AvgIpc) is 2.63. The Labute approximate surface area is 94.2 Å². The van der Waals surface area contributed by atoms with Crippen LogP contribution in [0.4, 0.5) is 13.2 Å². The number of aliphatic hydroxyl groups excluding tert-OH is 1. The van der Waals surface area contributed by atoms with Crippen LogP contribution in [0.1, 0.15) is 24.6 Å². The molecule has 1 heterocycles. The first-order valence-electron chi connectivity index (χ1n) is 4.42. The van der Waals surface area contributed by atoms with Gasteiger partial charge in [0.25, 0.3) is 0 Å². The van der Waals surface area contributed by atoms with Crippen LogP contribution in [0.2, 0.25) is 0 Å². The van der Waals surface area contributed by atoms with Gasteiger partial charge in [0.05, 0.1) is 11.7 Å². The molecule has 2 unspecified atom stereocenters. The molecule has 92 valence electrons. The highest BCUT2D eigenvalue weighted by atomic mass is 32.2. The number of nitrogens with zero attached hydrogens (tertiary/aromatic N) is 2. The van der Waals surface area contributed by atoms with Crippen molar-refractivity contribution in [3.63, 3.8) is 0 Å². The highest BCUT2D eigenvalue weighted by molar-refractivity contribution is 7.97. The van der Waals surface area contributed by atoms with E-state index in [0.29, 0.717) is 11.6 Å².